The molecule has 0 saturated heterocycles. The lowest BCUT2D eigenvalue weighted by atomic mass is 9.89. The summed E-state index contributed by atoms with van der Waals surface area (Å²) in [7, 11) is 0. The average molecular weight is 251 g/mol. The molecule has 0 saturated carbocycles. The van der Waals surface area contributed by atoms with Crippen molar-refractivity contribution in [3.63, 3.8) is 0 Å². The van der Waals surface area contributed by atoms with Gasteiger partial charge in [-0.2, -0.15) is 10.5 Å². The molecule has 0 aliphatic carbocycles. The Morgan fingerprint density at radius 3 is 1.94 bits per heavy atom. The smallest absolute Gasteiger partial charge is 0.0635 e. The van der Waals surface area contributed by atoms with Gasteiger partial charge in [0.15, 0.2) is 0 Å². The molecule has 0 rings (SSSR count). The Morgan fingerprint density at radius 1 is 1.00 bits per heavy atom. The van der Waals surface area contributed by atoms with E-state index in [1.165, 1.54) is 0 Å². The van der Waals surface area contributed by atoms with E-state index in [1.807, 2.05) is 0 Å². The molecule has 1 unspecified atom stereocenters. The maximum Gasteiger partial charge on any atom is 0.0635 e. The molecule has 0 aliphatic rings. The van der Waals surface area contributed by atoms with Crippen molar-refractivity contribution in [2.75, 3.05) is 26.2 Å². The van der Waals surface area contributed by atoms with Crippen LogP contribution in [0, 0.1) is 22.7 Å². The Bertz CT molecular complexity index is 273. The molecule has 102 valence electrons. The first kappa shape index (κ1) is 16.9. The van der Waals surface area contributed by atoms with Crippen molar-refractivity contribution in [1.29, 1.82) is 10.5 Å². The lowest BCUT2D eigenvalue weighted by Gasteiger charge is -2.41. The minimum atomic E-state index is -0.0537. The molecule has 1 atom stereocenters. The summed E-state index contributed by atoms with van der Waals surface area (Å²) in [6, 6.07) is 4.33. The monoisotopic (exact) mass is 251 g/mol. The molecule has 0 bridgehead atoms. The summed E-state index contributed by atoms with van der Waals surface area (Å²) in [6.45, 7) is 4.81. The zero-order chi connectivity index (χ0) is 13.9. The predicted molar refractivity (Wildman–Crippen MR) is 72.4 cm³/mol. The molecular weight excluding hydrogens is 226 g/mol. The van der Waals surface area contributed by atoms with Crippen LogP contribution in [0.4, 0.5) is 0 Å². The molecule has 0 fully saturated rings. The molecule has 0 amide bonds. The van der Waals surface area contributed by atoms with Gasteiger partial charge in [-0.05, 0) is 39.3 Å². The van der Waals surface area contributed by atoms with Crippen molar-refractivity contribution in [2.24, 2.45) is 11.5 Å². The van der Waals surface area contributed by atoms with Gasteiger partial charge >= 0.3 is 0 Å². The molecule has 0 aromatic carbocycles. The second-order valence-corrected chi connectivity index (χ2v) is 4.73. The molecule has 4 N–H and O–H groups in total. The molecule has 0 heterocycles. The van der Waals surface area contributed by atoms with Gasteiger partial charge in [0.05, 0.1) is 12.1 Å². The highest BCUT2D eigenvalue weighted by molar-refractivity contribution is 4.90. The first-order valence-electron chi connectivity index (χ1n) is 6.53. The molecular formula is C13H25N5. The second-order valence-electron chi connectivity index (χ2n) is 4.73. The highest BCUT2D eigenvalue weighted by Gasteiger charge is 2.29. The van der Waals surface area contributed by atoms with E-state index in [1.54, 1.807) is 0 Å². The summed E-state index contributed by atoms with van der Waals surface area (Å²) in [5, 5.41) is 17.5. The largest absolute Gasteiger partial charge is 0.330 e. The van der Waals surface area contributed by atoms with Gasteiger partial charge in [-0.1, -0.05) is 0 Å². The van der Waals surface area contributed by atoms with Gasteiger partial charge in [-0.3, -0.25) is 4.90 Å². The quantitative estimate of drug-likeness (QED) is 0.602. The lowest BCUT2D eigenvalue weighted by Crippen LogP contribution is -2.48. The maximum atomic E-state index is 8.73. The van der Waals surface area contributed by atoms with Crippen molar-refractivity contribution in [3.8, 4) is 12.1 Å². The van der Waals surface area contributed by atoms with Gasteiger partial charge in [0.2, 0.25) is 0 Å². The van der Waals surface area contributed by atoms with Gasteiger partial charge in [-0.25, -0.2) is 0 Å². The van der Waals surface area contributed by atoms with Gasteiger partial charge in [0.25, 0.3) is 0 Å². The molecule has 5 nitrogen and oxygen atoms in total. The standard InChI is InChI=1S/C13H25N5/c1-13(6-10-17,5-2-7-14)18(11-3-8-15)12-4-9-16/h2-7,10-12,14,17H2,1H3. The van der Waals surface area contributed by atoms with E-state index in [2.05, 4.69) is 24.0 Å². The maximum absolute atomic E-state index is 8.73. The van der Waals surface area contributed by atoms with Crippen molar-refractivity contribution < 1.29 is 0 Å². The van der Waals surface area contributed by atoms with Crippen LogP contribution in [0.5, 0.6) is 0 Å². The second kappa shape index (κ2) is 9.85. The molecule has 0 aliphatic heterocycles. The van der Waals surface area contributed by atoms with E-state index in [0.29, 0.717) is 39.0 Å². The summed E-state index contributed by atoms with van der Waals surface area (Å²) in [6.07, 6.45) is 3.72. The Labute approximate surface area is 110 Å². The summed E-state index contributed by atoms with van der Waals surface area (Å²) < 4.78 is 0. The fourth-order valence-corrected chi connectivity index (χ4v) is 2.26. The first-order valence-corrected chi connectivity index (χ1v) is 6.53. The molecule has 5 heteroatoms. The number of hydrogen-bond acceptors (Lipinski definition) is 5. The summed E-state index contributed by atoms with van der Waals surface area (Å²) >= 11 is 0. The van der Waals surface area contributed by atoms with Crippen LogP contribution in [-0.4, -0.2) is 36.6 Å². The SMILES string of the molecule is CC(CCN)(CCCN)N(CCC#N)CCC#N. The lowest BCUT2D eigenvalue weighted by molar-refractivity contribution is 0.0906. The number of nitrogens with two attached hydrogens (primary N) is 2. The normalized spacial score (nSPS) is 13.9. The molecule has 0 radical (unpaired) electrons. The Balaban J connectivity index is 4.70. The molecule has 0 aromatic heterocycles. The molecule has 0 aromatic rings. The van der Waals surface area contributed by atoms with Crippen LogP contribution in [0.2, 0.25) is 0 Å². The fourth-order valence-electron chi connectivity index (χ4n) is 2.26. The number of nitrogens with zero attached hydrogens (tertiary/aromatic N) is 3. The van der Waals surface area contributed by atoms with E-state index in [4.69, 9.17) is 22.0 Å². The van der Waals surface area contributed by atoms with Crippen LogP contribution in [0.25, 0.3) is 0 Å². The van der Waals surface area contributed by atoms with Crippen LogP contribution in [0.1, 0.15) is 39.0 Å². The van der Waals surface area contributed by atoms with Crippen molar-refractivity contribution in [1.82, 2.24) is 4.90 Å². The Hall–Kier alpha value is -1.14. The third kappa shape index (κ3) is 5.97. The number of hydrogen-bond donors (Lipinski definition) is 2. The zero-order valence-electron chi connectivity index (χ0n) is 11.4. The van der Waals surface area contributed by atoms with Crippen LogP contribution in [-0.2, 0) is 0 Å². The fraction of sp³-hybridized carbons (Fsp3) is 0.846. The minimum Gasteiger partial charge on any atom is -0.330 e. The van der Waals surface area contributed by atoms with Gasteiger partial charge in [0.1, 0.15) is 0 Å². The topological polar surface area (TPSA) is 103 Å². The Morgan fingerprint density at radius 2 is 1.56 bits per heavy atom. The van der Waals surface area contributed by atoms with Crippen LogP contribution in [0.15, 0.2) is 0 Å². The third-order valence-electron chi connectivity index (χ3n) is 3.35. The van der Waals surface area contributed by atoms with E-state index in [9.17, 15) is 0 Å². The van der Waals surface area contributed by atoms with Gasteiger partial charge in [-0.15, -0.1) is 0 Å². The summed E-state index contributed by atoms with van der Waals surface area (Å²) in [5.41, 5.74) is 11.2. The Kier molecular flexibility index (Phi) is 9.22. The minimum absolute atomic E-state index is 0.0537. The number of rotatable bonds is 10. The summed E-state index contributed by atoms with van der Waals surface area (Å²) in [4.78, 5) is 2.22. The van der Waals surface area contributed by atoms with Crippen molar-refractivity contribution in [3.05, 3.63) is 0 Å². The van der Waals surface area contributed by atoms with Gasteiger partial charge < -0.3 is 11.5 Å². The predicted octanol–water partition coefficient (Wildman–Crippen LogP) is 0.962. The van der Waals surface area contributed by atoms with Crippen molar-refractivity contribution >= 4 is 0 Å². The van der Waals surface area contributed by atoms with Gasteiger partial charge in [0, 0.05) is 31.5 Å². The third-order valence-corrected chi connectivity index (χ3v) is 3.35. The van der Waals surface area contributed by atoms with E-state index >= 15 is 0 Å². The van der Waals surface area contributed by atoms with Crippen LogP contribution in [0.3, 0.4) is 0 Å². The first-order chi connectivity index (χ1) is 8.64. The van der Waals surface area contributed by atoms with E-state index in [0.717, 1.165) is 19.3 Å². The van der Waals surface area contributed by atoms with Crippen molar-refractivity contribution in [2.45, 2.75) is 44.6 Å². The molecule has 18 heavy (non-hydrogen) atoms. The highest BCUT2D eigenvalue weighted by Crippen LogP contribution is 2.25. The zero-order valence-corrected chi connectivity index (χ0v) is 11.4. The van der Waals surface area contributed by atoms with E-state index < -0.39 is 0 Å². The van der Waals surface area contributed by atoms with Crippen LogP contribution < -0.4 is 11.5 Å². The van der Waals surface area contributed by atoms with E-state index in [-0.39, 0.29) is 5.54 Å². The summed E-state index contributed by atoms with van der Waals surface area (Å²) in [5.74, 6) is 0. The average Bonchev–Trinajstić information content (AvgIpc) is 2.37. The molecule has 0 spiro atoms. The highest BCUT2D eigenvalue weighted by atomic mass is 15.2. The van der Waals surface area contributed by atoms with Crippen LogP contribution >= 0.6 is 0 Å². The number of nitriles is 2.